The van der Waals surface area contributed by atoms with Crippen molar-refractivity contribution in [1.29, 1.82) is 0 Å². The van der Waals surface area contributed by atoms with E-state index in [1.807, 2.05) is 24.5 Å². The Morgan fingerprint density at radius 2 is 1.68 bits per heavy atom. The maximum Gasteiger partial charge on any atom is 0.357 e. The Bertz CT molecular complexity index is 1030. The van der Waals surface area contributed by atoms with Crippen molar-refractivity contribution in [2.45, 2.75) is 4.90 Å². The fourth-order valence-corrected chi connectivity index (χ4v) is 3.78. The molecule has 0 saturated heterocycles. The Labute approximate surface area is 171 Å². The summed E-state index contributed by atoms with van der Waals surface area (Å²) in [4.78, 5) is 26.1. The van der Waals surface area contributed by atoms with Gasteiger partial charge in [-0.2, -0.15) is 5.10 Å². The molecule has 0 aliphatic carbocycles. The van der Waals surface area contributed by atoms with Gasteiger partial charge in [-0.15, -0.1) is 11.8 Å². The van der Waals surface area contributed by atoms with Crippen molar-refractivity contribution in [3.63, 3.8) is 0 Å². The number of ether oxygens (including phenoxy) is 2. The minimum atomic E-state index is -0.708. The molecular weight excluding hydrogens is 400 g/mol. The number of benzene rings is 2. The molecule has 0 aliphatic heterocycles. The molecule has 0 amide bonds. The first kappa shape index (κ1) is 20.0. The first-order valence-electron chi connectivity index (χ1n) is 8.21. The van der Waals surface area contributed by atoms with Gasteiger partial charge in [-0.3, -0.25) is 0 Å². The normalized spacial score (nSPS) is 10.6. The van der Waals surface area contributed by atoms with Crippen LogP contribution in [0.15, 0.2) is 53.4 Å². The standard InChI is InChI=1S/C20H17ClN2O4S/c1-26-19(24)16-17(15-13(21)10-7-11-14(15)28-3)22-23(18(16)20(25)27-2)12-8-5-4-6-9-12/h4-11H,1-3H3. The quantitative estimate of drug-likeness (QED) is 0.451. The Hall–Kier alpha value is -2.77. The van der Waals surface area contributed by atoms with Gasteiger partial charge in [0.1, 0.15) is 11.3 Å². The average molecular weight is 417 g/mol. The third-order valence-electron chi connectivity index (χ3n) is 4.09. The highest BCUT2D eigenvalue weighted by Gasteiger charge is 2.32. The fraction of sp³-hybridized carbons (Fsp3) is 0.150. The summed E-state index contributed by atoms with van der Waals surface area (Å²) < 4.78 is 11.2. The second-order valence-corrected chi connectivity index (χ2v) is 6.88. The van der Waals surface area contributed by atoms with Crippen molar-refractivity contribution < 1.29 is 19.1 Å². The van der Waals surface area contributed by atoms with Gasteiger partial charge in [0.2, 0.25) is 0 Å². The van der Waals surface area contributed by atoms with E-state index in [1.54, 1.807) is 30.3 Å². The number of aromatic nitrogens is 2. The van der Waals surface area contributed by atoms with Crippen LogP contribution in [0.1, 0.15) is 20.8 Å². The molecule has 6 nitrogen and oxygen atoms in total. The van der Waals surface area contributed by atoms with Gasteiger partial charge in [-0.25, -0.2) is 14.3 Å². The zero-order valence-electron chi connectivity index (χ0n) is 15.4. The number of halogens is 1. The van der Waals surface area contributed by atoms with Crippen LogP contribution in [0.2, 0.25) is 5.02 Å². The lowest BCUT2D eigenvalue weighted by molar-refractivity contribution is 0.0549. The van der Waals surface area contributed by atoms with E-state index in [4.69, 9.17) is 21.1 Å². The van der Waals surface area contributed by atoms with E-state index in [0.29, 0.717) is 16.3 Å². The largest absolute Gasteiger partial charge is 0.465 e. The summed E-state index contributed by atoms with van der Waals surface area (Å²) in [5.74, 6) is -1.41. The Kier molecular flexibility index (Phi) is 6.06. The Morgan fingerprint density at radius 3 is 2.29 bits per heavy atom. The smallest absolute Gasteiger partial charge is 0.357 e. The number of carbonyl (C=O) groups excluding carboxylic acids is 2. The second kappa shape index (κ2) is 8.50. The van der Waals surface area contributed by atoms with Crippen molar-refractivity contribution in [2.24, 2.45) is 0 Å². The molecule has 1 aromatic heterocycles. The number of methoxy groups -OCH3 is 2. The van der Waals surface area contributed by atoms with E-state index < -0.39 is 11.9 Å². The highest BCUT2D eigenvalue weighted by molar-refractivity contribution is 7.98. The molecule has 2 aromatic carbocycles. The lowest BCUT2D eigenvalue weighted by atomic mass is 10.1. The van der Waals surface area contributed by atoms with Gasteiger partial charge >= 0.3 is 11.9 Å². The summed E-state index contributed by atoms with van der Waals surface area (Å²) in [6.07, 6.45) is 1.89. The molecule has 1 heterocycles. The van der Waals surface area contributed by atoms with Crippen molar-refractivity contribution in [1.82, 2.24) is 9.78 Å². The molecule has 0 atom stereocenters. The van der Waals surface area contributed by atoms with Crippen molar-refractivity contribution in [2.75, 3.05) is 20.5 Å². The second-order valence-electron chi connectivity index (χ2n) is 5.62. The van der Waals surface area contributed by atoms with Crippen LogP contribution in [-0.2, 0) is 9.47 Å². The van der Waals surface area contributed by atoms with E-state index in [2.05, 4.69) is 5.10 Å². The predicted octanol–water partition coefficient (Wildman–Crippen LogP) is 4.49. The third-order valence-corrected chi connectivity index (χ3v) is 5.18. The van der Waals surface area contributed by atoms with Crippen LogP contribution < -0.4 is 0 Å². The summed E-state index contributed by atoms with van der Waals surface area (Å²) in [5, 5.41) is 4.98. The number of nitrogens with zero attached hydrogens (tertiary/aromatic N) is 2. The molecule has 0 saturated carbocycles. The molecule has 8 heteroatoms. The summed E-state index contributed by atoms with van der Waals surface area (Å²) >= 11 is 7.91. The Balaban J connectivity index is 2.43. The summed E-state index contributed by atoms with van der Waals surface area (Å²) in [7, 11) is 2.49. The molecule has 0 aliphatic rings. The third kappa shape index (κ3) is 3.50. The van der Waals surface area contributed by atoms with E-state index in [-0.39, 0.29) is 17.0 Å². The topological polar surface area (TPSA) is 70.4 Å². The van der Waals surface area contributed by atoms with Gasteiger partial charge < -0.3 is 9.47 Å². The summed E-state index contributed by atoms with van der Waals surface area (Å²) in [6, 6.07) is 14.4. The molecule has 0 N–H and O–H groups in total. The number of hydrogen-bond donors (Lipinski definition) is 0. The minimum absolute atomic E-state index is 0.00148. The van der Waals surface area contributed by atoms with Crippen LogP contribution in [0.3, 0.4) is 0 Å². The predicted molar refractivity (Wildman–Crippen MR) is 108 cm³/mol. The molecule has 3 aromatic rings. The number of rotatable bonds is 5. The molecule has 0 spiro atoms. The molecule has 0 radical (unpaired) electrons. The van der Waals surface area contributed by atoms with Gasteiger partial charge in [0.05, 0.1) is 24.9 Å². The first-order chi connectivity index (χ1) is 13.5. The van der Waals surface area contributed by atoms with E-state index in [1.165, 1.54) is 30.7 Å². The number of esters is 2. The maximum atomic E-state index is 12.7. The lowest BCUT2D eigenvalue weighted by Gasteiger charge is -2.09. The van der Waals surface area contributed by atoms with Gasteiger partial charge in [0.25, 0.3) is 0 Å². The summed E-state index contributed by atoms with van der Waals surface area (Å²) in [5.41, 5.74) is 1.38. The molecule has 0 fully saturated rings. The molecule has 0 unspecified atom stereocenters. The zero-order valence-corrected chi connectivity index (χ0v) is 17.0. The average Bonchev–Trinajstić information content (AvgIpc) is 3.13. The lowest BCUT2D eigenvalue weighted by Crippen LogP contribution is -2.15. The fourth-order valence-electron chi connectivity index (χ4n) is 2.83. The zero-order chi connectivity index (χ0) is 20.3. The van der Waals surface area contributed by atoms with Crippen molar-refractivity contribution in [3.8, 4) is 16.9 Å². The van der Waals surface area contributed by atoms with Crippen LogP contribution in [-0.4, -0.2) is 42.2 Å². The van der Waals surface area contributed by atoms with E-state index >= 15 is 0 Å². The van der Waals surface area contributed by atoms with Crippen LogP contribution in [0.4, 0.5) is 0 Å². The van der Waals surface area contributed by atoms with Gasteiger partial charge in [0, 0.05) is 10.5 Å². The molecule has 28 heavy (non-hydrogen) atoms. The molecule has 144 valence electrons. The number of hydrogen-bond acceptors (Lipinski definition) is 6. The van der Waals surface area contributed by atoms with Crippen LogP contribution in [0.5, 0.6) is 0 Å². The van der Waals surface area contributed by atoms with E-state index in [0.717, 1.165) is 4.90 Å². The minimum Gasteiger partial charge on any atom is -0.465 e. The molecular formula is C20H17ClN2O4S. The summed E-state index contributed by atoms with van der Waals surface area (Å²) in [6.45, 7) is 0. The van der Waals surface area contributed by atoms with E-state index in [9.17, 15) is 9.59 Å². The van der Waals surface area contributed by atoms with Gasteiger partial charge in [0.15, 0.2) is 5.69 Å². The highest BCUT2D eigenvalue weighted by Crippen LogP contribution is 2.39. The first-order valence-corrected chi connectivity index (χ1v) is 9.81. The van der Waals surface area contributed by atoms with Crippen LogP contribution >= 0.6 is 23.4 Å². The SMILES string of the molecule is COC(=O)c1c(-c2c(Cl)cccc2SC)nn(-c2ccccc2)c1C(=O)OC. The maximum absolute atomic E-state index is 12.7. The monoisotopic (exact) mass is 416 g/mol. The molecule has 3 rings (SSSR count). The van der Waals surface area contributed by atoms with Crippen molar-refractivity contribution >= 4 is 35.3 Å². The highest BCUT2D eigenvalue weighted by atomic mass is 35.5. The van der Waals surface area contributed by atoms with Crippen molar-refractivity contribution in [3.05, 3.63) is 64.8 Å². The number of carbonyl (C=O) groups is 2. The molecule has 0 bridgehead atoms. The van der Waals surface area contributed by atoms with Crippen LogP contribution in [0.25, 0.3) is 16.9 Å². The van der Waals surface area contributed by atoms with Gasteiger partial charge in [-0.1, -0.05) is 35.9 Å². The van der Waals surface area contributed by atoms with Gasteiger partial charge in [-0.05, 0) is 30.5 Å². The Morgan fingerprint density at radius 1 is 1.00 bits per heavy atom. The number of thioether (sulfide) groups is 1. The number of para-hydroxylation sites is 1. The van der Waals surface area contributed by atoms with Crippen LogP contribution in [0, 0.1) is 0 Å².